The second-order valence-corrected chi connectivity index (χ2v) is 4.09. The van der Waals surface area contributed by atoms with Gasteiger partial charge in [-0.25, -0.2) is 9.78 Å². The van der Waals surface area contributed by atoms with Crippen molar-refractivity contribution in [3.05, 3.63) is 47.9 Å². The van der Waals surface area contributed by atoms with E-state index in [1.165, 1.54) is 12.3 Å². The van der Waals surface area contributed by atoms with Crippen LogP contribution in [0.3, 0.4) is 0 Å². The molecule has 0 amide bonds. The van der Waals surface area contributed by atoms with E-state index in [1.807, 2.05) is 25.1 Å². The maximum absolute atomic E-state index is 10.8. The Morgan fingerprint density at radius 1 is 1.42 bits per heavy atom. The fraction of sp³-hybridized carbons (Fsp3) is 0.154. The van der Waals surface area contributed by atoms with E-state index in [9.17, 15) is 4.79 Å². The molecule has 6 heteroatoms. The molecule has 19 heavy (non-hydrogen) atoms. The lowest BCUT2D eigenvalue weighted by molar-refractivity contribution is 0.0696. The average Bonchev–Trinajstić information content (AvgIpc) is 2.41. The summed E-state index contributed by atoms with van der Waals surface area (Å²) in [6.45, 7) is 1.93. The van der Waals surface area contributed by atoms with Crippen LogP contribution >= 0.6 is 0 Å². The first-order valence-electron chi connectivity index (χ1n) is 5.74. The number of aromatic carboxylic acids is 1. The predicted octanol–water partition coefficient (Wildman–Crippen LogP) is 1.93. The molecule has 2 heterocycles. The Bertz CT molecular complexity index is 586. The number of hydrogen-bond donors (Lipinski definition) is 3. The number of anilines is 2. The summed E-state index contributed by atoms with van der Waals surface area (Å²) >= 11 is 0. The first-order valence-corrected chi connectivity index (χ1v) is 5.74. The van der Waals surface area contributed by atoms with Crippen molar-refractivity contribution >= 4 is 17.5 Å². The number of rotatable bonds is 4. The highest BCUT2D eigenvalue weighted by Gasteiger charge is 2.11. The molecule has 6 nitrogen and oxygen atoms in total. The summed E-state index contributed by atoms with van der Waals surface area (Å²) in [5, 5.41) is 11.9. The summed E-state index contributed by atoms with van der Waals surface area (Å²) in [6, 6.07) is 6.92. The van der Waals surface area contributed by atoms with Gasteiger partial charge in [-0.15, -0.1) is 0 Å². The molecule has 0 aliphatic rings. The molecule has 0 aliphatic heterocycles. The zero-order valence-corrected chi connectivity index (χ0v) is 10.4. The zero-order valence-electron chi connectivity index (χ0n) is 10.4. The van der Waals surface area contributed by atoms with Gasteiger partial charge in [0, 0.05) is 12.4 Å². The SMILES string of the molecule is CC(Nc1ncc(C(=O)O)cc1N)c1ccccn1. The molecule has 98 valence electrons. The van der Waals surface area contributed by atoms with Crippen molar-refractivity contribution in [2.45, 2.75) is 13.0 Å². The standard InChI is InChI=1S/C13H14N4O2/c1-8(11-4-2-3-5-15-11)17-12-10(14)6-9(7-16-12)13(18)19/h2-8H,14H2,1H3,(H,16,17)(H,18,19). The summed E-state index contributed by atoms with van der Waals surface area (Å²) in [4.78, 5) is 19.0. The summed E-state index contributed by atoms with van der Waals surface area (Å²) in [5.41, 5.74) is 6.99. The lowest BCUT2D eigenvalue weighted by Gasteiger charge is -2.15. The summed E-state index contributed by atoms with van der Waals surface area (Å²) in [5.74, 6) is -0.605. The number of carbonyl (C=O) groups is 1. The lowest BCUT2D eigenvalue weighted by Crippen LogP contribution is -2.12. The van der Waals surface area contributed by atoms with Crippen LogP contribution in [0.15, 0.2) is 36.7 Å². The van der Waals surface area contributed by atoms with Gasteiger partial charge < -0.3 is 16.2 Å². The number of carboxylic acid groups (broad SMARTS) is 1. The first-order chi connectivity index (χ1) is 9.08. The molecule has 0 radical (unpaired) electrons. The van der Waals surface area contributed by atoms with Gasteiger partial charge in [-0.2, -0.15) is 0 Å². The third-order valence-corrected chi connectivity index (χ3v) is 2.65. The molecule has 0 bridgehead atoms. The molecule has 0 spiro atoms. The highest BCUT2D eigenvalue weighted by molar-refractivity contribution is 5.89. The minimum Gasteiger partial charge on any atom is -0.478 e. The van der Waals surface area contributed by atoms with Gasteiger partial charge in [0.2, 0.25) is 0 Å². The van der Waals surface area contributed by atoms with Gasteiger partial charge in [0.05, 0.1) is 23.0 Å². The van der Waals surface area contributed by atoms with Crippen molar-refractivity contribution in [3.8, 4) is 0 Å². The van der Waals surface area contributed by atoms with Crippen LogP contribution in [0.5, 0.6) is 0 Å². The number of hydrogen-bond acceptors (Lipinski definition) is 5. The van der Waals surface area contributed by atoms with Gasteiger partial charge in [-0.1, -0.05) is 6.07 Å². The topological polar surface area (TPSA) is 101 Å². The Balaban J connectivity index is 2.18. The third kappa shape index (κ3) is 2.98. The highest BCUT2D eigenvalue weighted by Crippen LogP contribution is 2.21. The Labute approximate surface area is 110 Å². The molecule has 0 saturated carbocycles. The van der Waals surface area contributed by atoms with E-state index in [0.29, 0.717) is 11.5 Å². The lowest BCUT2D eigenvalue weighted by atomic mass is 10.2. The van der Waals surface area contributed by atoms with Crippen LogP contribution < -0.4 is 11.1 Å². The number of nitrogen functional groups attached to an aromatic ring is 1. The van der Waals surface area contributed by atoms with E-state index < -0.39 is 5.97 Å². The second kappa shape index (κ2) is 5.34. The number of nitrogens with one attached hydrogen (secondary N) is 1. The Hall–Kier alpha value is -2.63. The maximum atomic E-state index is 10.8. The van der Waals surface area contributed by atoms with Crippen LogP contribution in [-0.4, -0.2) is 21.0 Å². The second-order valence-electron chi connectivity index (χ2n) is 4.09. The third-order valence-electron chi connectivity index (χ3n) is 2.65. The van der Waals surface area contributed by atoms with Crippen LogP contribution in [0, 0.1) is 0 Å². The molecule has 0 saturated heterocycles. The van der Waals surface area contributed by atoms with Crippen LogP contribution in [-0.2, 0) is 0 Å². The fourth-order valence-corrected chi connectivity index (χ4v) is 1.63. The van der Waals surface area contributed by atoms with Gasteiger partial charge in [0.15, 0.2) is 0 Å². The summed E-state index contributed by atoms with van der Waals surface area (Å²) in [6.07, 6.45) is 2.98. The van der Waals surface area contributed by atoms with Crippen LogP contribution in [0.2, 0.25) is 0 Å². The molecule has 4 N–H and O–H groups in total. The molecule has 0 fully saturated rings. The number of aromatic nitrogens is 2. The normalized spacial score (nSPS) is 11.8. The van der Waals surface area contributed by atoms with Crippen molar-refractivity contribution in [2.75, 3.05) is 11.1 Å². The number of carboxylic acids is 1. The van der Waals surface area contributed by atoms with Crippen molar-refractivity contribution in [2.24, 2.45) is 0 Å². The monoisotopic (exact) mass is 258 g/mol. The minimum absolute atomic E-state index is 0.0635. The Morgan fingerprint density at radius 3 is 2.79 bits per heavy atom. The Morgan fingerprint density at radius 2 is 2.21 bits per heavy atom. The van der Waals surface area contributed by atoms with E-state index in [-0.39, 0.29) is 11.6 Å². The molecule has 0 aliphatic carbocycles. The number of nitrogens with zero attached hydrogens (tertiary/aromatic N) is 2. The molecular formula is C13H14N4O2. The molecular weight excluding hydrogens is 244 g/mol. The fourth-order valence-electron chi connectivity index (χ4n) is 1.63. The summed E-state index contributed by atoms with van der Waals surface area (Å²) < 4.78 is 0. The molecule has 1 atom stereocenters. The van der Waals surface area contributed by atoms with Gasteiger partial charge in [-0.3, -0.25) is 4.98 Å². The van der Waals surface area contributed by atoms with Gasteiger partial charge in [0.1, 0.15) is 5.82 Å². The van der Waals surface area contributed by atoms with E-state index >= 15 is 0 Å². The first kappa shape index (κ1) is 12.8. The summed E-state index contributed by atoms with van der Waals surface area (Å²) in [7, 11) is 0. The van der Waals surface area contributed by atoms with Crippen molar-refractivity contribution < 1.29 is 9.90 Å². The highest BCUT2D eigenvalue weighted by atomic mass is 16.4. The quantitative estimate of drug-likeness (QED) is 0.774. The van der Waals surface area contributed by atoms with E-state index in [2.05, 4.69) is 15.3 Å². The van der Waals surface area contributed by atoms with E-state index in [1.54, 1.807) is 6.20 Å². The van der Waals surface area contributed by atoms with Crippen LogP contribution in [0.4, 0.5) is 11.5 Å². The van der Waals surface area contributed by atoms with Crippen molar-refractivity contribution in [1.82, 2.24) is 9.97 Å². The molecule has 2 aromatic rings. The molecule has 0 aromatic carbocycles. The van der Waals surface area contributed by atoms with Gasteiger partial charge in [0.25, 0.3) is 0 Å². The van der Waals surface area contributed by atoms with Gasteiger partial charge >= 0.3 is 5.97 Å². The zero-order chi connectivity index (χ0) is 13.8. The van der Waals surface area contributed by atoms with Crippen molar-refractivity contribution in [3.63, 3.8) is 0 Å². The maximum Gasteiger partial charge on any atom is 0.337 e. The number of nitrogens with two attached hydrogens (primary N) is 1. The number of pyridine rings is 2. The van der Waals surface area contributed by atoms with Crippen LogP contribution in [0.1, 0.15) is 29.0 Å². The van der Waals surface area contributed by atoms with Crippen LogP contribution in [0.25, 0.3) is 0 Å². The molecule has 1 unspecified atom stereocenters. The largest absolute Gasteiger partial charge is 0.478 e. The average molecular weight is 258 g/mol. The van der Waals surface area contributed by atoms with Gasteiger partial charge in [-0.05, 0) is 25.1 Å². The van der Waals surface area contributed by atoms with E-state index in [0.717, 1.165) is 5.69 Å². The Kier molecular flexibility index (Phi) is 3.61. The van der Waals surface area contributed by atoms with E-state index in [4.69, 9.17) is 10.8 Å². The van der Waals surface area contributed by atoms with Crippen molar-refractivity contribution in [1.29, 1.82) is 0 Å². The molecule has 2 aromatic heterocycles. The smallest absolute Gasteiger partial charge is 0.337 e. The predicted molar refractivity (Wildman–Crippen MR) is 71.9 cm³/mol. The molecule has 2 rings (SSSR count). The minimum atomic E-state index is -1.05.